The molecule has 0 aromatic rings. The van der Waals surface area contributed by atoms with Gasteiger partial charge in [-0.3, -0.25) is 14.4 Å². The van der Waals surface area contributed by atoms with E-state index >= 15 is 0 Å². The molecule has 1 aliphatic rings. The maximum Gasteiger partial charge on any atom is 0.335 e. The number of allylic oxidation sites excluding steroid dienone is 20. The van der Waals surface area contributed by atoms with Gasteiger partial charge in [-0.05, 0) is 128 Å². The quantitative estimate of drug-likeness (QED) is 0.0228. The molecule has 1 fully saturated rings. The molecule has 1 heterocycles. The number of aliphatic hydroxyl groups is 2. The summed E-state index contributed by atoms with van der Waals surface area (Å²) in [5.74, 6) is -3.20. The van der Waals surface area contributed by atoms with Crippen LogP contribution in [-0.2, 0) is 42.9 Å². The average Bonchev–Trinajstić information content (AvgIpc) is 3.46. The SMILES string of the molecule is CC/C=C\C/C=C\C/C=C\C/C=C\C/C=C\CCCCCC(=O)OCC(COC1OC(C(=O)O)C(O)C(O)C1OC(=O)CCCCCC/C=C\C/C=C\C/C=C\C/C=C\CC)OC(=O)CCCCCCCCCCC/C=C\CCCCCCCC. The molecule has 0 radical (unpaired) electrons. The van der Waals surface area contributed by atoms with E-state index in [1.165, 1.54) is 70.6 Å². The highest BCUT2D eigenvalue weighted by molar-refractivity contribution is 5.74. The second-order valence-corrected chi connectivity index (χ2v) is 22.3. The van der Waals surface area contributed by atoms with Crippen molar-refractivity contribution in [3.05, 3.63) is 122 Å². The summed E-state index contributed by atoms with van der Waals surface area (Å²) in [5.41, 5.74) is 0. The Balaban J connectivity index is 2.70. The molecule has 0 aliphatic carbocycles. The van der Waals surface area contributed by atoms with Crippen LogP contribution in [0.4, 0.5) is 0 Å². The molecule has 0 amide bonds. The number of carbonyl (C=O) groups is 4. The number of carbonyl (C=O) groups excluding carboxylic acids is 3. The number of hydrogen-bond acceptors (Lipinski definition) is 11. The van der Waals surface area contributed by atoms with Crippen LogP contribution in [0.15, 0.2) is 122 Å². The molecule has 0 spiro atoms. The third-order valence-electron chi connectivity index (χ3n) is 14.5. The second kappa shape index (κ2) is 59.5. The summed E-state index contributed by atoms with van der Waals surface area (Å²) in [6.07, 6.45) is 70.1. The van der Waals surface area contributed by atoms with Crippen molar-refractivity contribution in [2.75, 3.05) is 13.2 Å². The molecule has 3 N–H and O–H groups in total. The minimum Gasteiger partial charge on any atom is -0.479 e. The lowest BCUT2D eigenvalue weighted by molar-refractivity contribution is -0.301. The Labute approximate surface area is 516 Å². The van der Waals surface area contributed by atoms with E-state index in [4.69, 9.17) is 23.7 Å². The zero-order valence-corrected chi connectivity index (χ0v) is 53.3. The van der Waals surface area contributed by atoms with Crippen molar-refractivity contribution in [1.29, 1.82) is 0 Å². The first kappa shape index (κ1) is 78.1. The van der Waals surface area contributed by atoms with E-state index < -0.39 is 67.3 Å². The van der Waals surface area contributed by atoms with Gasteiger partial charge in [-0.1, -0.05) is 239 Å². The monoisotopic (exact) mass is 1190 g/mol. The molecule has 482 valence electrons. The number of unbranched alkanes of at least 4 members (excludes halogenated alkanes) is 22. The number of carboxylic acids is 1. The molecular formula is C73H118O12. The predicted molar refractivity (Wildman–Crippen MR) is 349 cm³/mol. The van der Waals surface area contributed by atoms with E-state index in [9.17, 15) is 34.5 Å². The molecule has 0 aromatic carbocycles. The van der Waals surface area contributed by atoms with Gasteiger partial charge in [0.2, 0.25) is 0 Å². The Hall–Kier alpha value is -4.88. The fraction of sp³-hybridized carbons (Fsp3) is 0.671. The molecule has 6 atom stereocenters. The first-order valence-electron chi connectivity index (χ1n) is 33.5. The average molecular weight is 1190 g/mol. The van der Waals surface area contributed by atoms with Crippen LogP contribution in [0.3, 0.4) is 0 Å². The van der Waals surface area contributed by atoms with Gasteiger partial charge in [0.15, 0.2) is 24.6 Å². The fourth-order valence-electron chi connectivity index (χ4n) is 9.44. The van der Waals surface area contributed by atoms with Crippen molar-refractivity contribution < 1.29 is 58.2 Å². The third-order valence-corrected chi connectivity index (χ3v) is 14.5. The van der Waals surface area contributed by atoms with E-state index in [2.05, 4.69) is 142 Å². The maximum absolute atomic E-state index is 13.2. The van der Waals surface area contributed by atoms with Gasteiger partial charge in [0, 0.05) is 19.3 Å². The Morgan fingerprint density at radius 1 is 0.400 bits per heavy atom. The smallest absolute Gasteiger partial charge is 0.335 e. The largest absolute Gasteiger partial charge is 0.479 e. The fourth-order valence-corrected chi connectivity index (χ4v) is 9.44. The van der Waals surface area contributed by atoms with Crippen LogP contribution in [0, 0.1) is 0 Å². The standard InChI is InChI=1S/C73H118O12/c1-4-7-10-13-16-19-22-25-28-31-33-36-38-41-44-47-50-53-56-59-65(74)81-62-64(83-66(75)60-57-54-51-48-45-42-40-37-34-32-29-26-23-20-17-14-11-8-5-2)63-82-73-71(69(78)68(77)70(85-73)72(79)80)84-67(76)61-58-55-52-49-46-43-39-35-30-27-24-21-18-15-12-9-6-3/h7,9-10,12,16,18-19,21,25-30,33,36,39,41,43-44,64,68-71,73,77-78H,4-6,8,11,13-15,17,20,22-24,31-32,34-35,37-38,40,42,45-63H2,1-3H3,(H,79,80)/b10-7-,12-9-,19-16-,21-18-,28-25-,29-26-,30-27-,36-33-,43-39-,44-41-. The maximum atomic E-state index is 13.2. The Bertz CT molecular complexity index is 1940. The molecule has 1 aliphatic heterocycles. The number of carboxylic acid groups (broad SMARTS) is 1. The highest BCUT2D eigenvalue weighted by Gasteiger charge is 2.50. The van der Waals surface area contributed by atoms with Gasteiger partial charge in [0.1, 0.15) is 18.8 Å². The van der Waals surface area contributed by atoms with Crippen molar-refractivity contribution in [3.8, 4) is 0 Å². The Kier molecular flexibility index (Phi) is 54.6. The van der Waals surface area contributed by atoms with Crippen LogP contribution in [0.25, 0.3) is 0 Å². The number of rotatable bonds is 56. The topological polar surface area (TPSA) is 175 Å². The number of aliphatic carboxylic acids is 1. The highest BCUT2D eigenvalue weighted by atomic mass is 16.7. The molecule has 12 nitrogen and oxygen atoms in total. The molecule has 0 bridgehead atoms. The third kappa shape index (κ3) is 48.9. The van der Waals surface area contributed by atoms with Crippen molar-refractivity contribution in [2.45, 2.75) is 302 Å². The van der Waals surface area contributed by atoms with E-state index in [1.807, 2.05) is 0 Å². The molecular weight excluding hydrogens is 1070 g/mol. The van der Waals surface area contributed by atoms with Gasteiger partial charge >= 0.3 is 23.9 Å². The van der Waals surface area contributed by atoms with E-state index in [1.54, 1.807) is 0 Å². The molecule has 12 heteroatoms. The van der Waals surface area contributed by atoms with Gasteiger partial charge in [0.05, 0.1) is 6.61 Å². The lowest BCUT2D eigenvalue weighted by Gasteiger charge is -2.40. The second-order valence-electron chi connectivity index (χ2n) is 22.3. The van der Waals surface area contributed by atoms with Crippen molar-refractivity contribution >= 4 is 23.9 Å². The summed E-state index contributed by atoms with van der Waals surface area (Å²) in [7, 11) is 0. The van der Waals surface area contributed by atoms with E-state index in [-0.39, 0.29) is 25.9 Å². The van der Waals surface area contributed by atoms with Gasteiger partial charge in [-0.25, -0.2) is 4.79 Å². The normalized spacial score (nSPS) is 18.2. The zero-order valence-electron chi connectivity index (χ0n) is 53.3. The van der Waals surface area contributed by atoms with Gasteiger partial charge < -0.3 is 39.0 Å². The zero-order chi connectivity index (χ0) is 61.7. The van der Waals surface area contributed by atoms with Crippen LogP contribution >= 0.6 is 0 Å². The number of esters is 3. The van der Waals surface area contributed by atoms with E-state index in [0.717, 1.165) is 135 Å². The minimum atomic E-state index is -1.92. The highest BCUT2D eigenvalue weighted by Crippen LogP contribution is 2.26. The van der Waals surface area contributed by atoms with Gasteiger partial charge in [-0.2, -0.15) is 0 Å². The Morgan fingerprint density at radius 3 is 1.15 bits per heavy atom. The molecule has 0 aromatic heterocycles. The number of aliphatic hydroxyl groups excluding tert-OH is 2. The summed E-state index contributed by atoms with van der Waals surface area (Å²) in [4.78, 5) is 51.4. The lowest BCUT2D eigenvalue weighted by atomic mass is 9.98. The minimum absolute atomic E-state index is 0.0232. The summed E-state index contributed by atoms with van der Waals surface area (Å²) in [6, 6.07) is 0. The number of ether oxygens (including phenoxy) is 5. The Morgan fingerprint density at radius 2 is 0.741 bits per heavy atom. The number of hydrogen-bond donors (Lipinski definition) is 3. The van der Waals surface area contributed by atoms with Crippen molar-refractivity contribution in [2.24, 2.45) is 0 Å². The van der Waals surface area contributed by atoms with Crippen LogP contribution in [-0.4, -0.2) is 89.2 Å². The lowest BCUT2D eigenvalue weighted by Crippen LogP contribution is -2.61. The van der Waals surface area contributed by atoms with Crippen LogP contribution < -0.4 is 0 Å². The molecule has 0 saturated carbocycles. The first-order valence-corrected chi connectivity index (χ1v) is 33.5. The summed E-state index contributed by atoms with van der Waals surface area (Å²) >= 11 is 0. The summed E-state index contributed by atoms with van der Waals surface area (Å²) in [6.45, 7) is 5.74. The molecule has 1 rings (SSSR count). The summed E-state index contributed by atoms with van der Waals surface area (Å²) < 4.78 is 28.5. The predicted octanol–water partition coefficient (Wildman–Crippen LogP) is 18.3. The molecule has 85 heavy (non-hydrogen) atoms. The molecule has 1 saturated heterocycles. The van der Waals surface area contributed by atoms with Crippen LogP contribution in [0.5, 0.6) is 0 Å². The summed E-state index contributed by atoms with van der Waals surface area (Å²) in [5, 5.41) is 31.6. The van der Waals surface area contributed by atoms with E-state index in [0.29, 0.717) is 19.3 Å². The van der Waals surface area contributed by atoms with Gasteiger partial charge in [0.25, 0.3) is 0 Å². The van der Waals surface area contributed by atoms with Crippen LogP contribution in [0.1, 0.15) is 265 Å². The van der Waals surface area contributed by atoms with Gasteiger partial charge in [-0.15, -0.1) is 0 Å². The van der Waals surface area contributed by atoms with Crippen molar-refractivity contribution in [1.82, 2.24) is 0 Å². The van der Waals surface area contributed by atoms with Crippen LogP contribution in [0.2, 0.25) is 0 Å². The molecule has 6 unspecified atom stereocenters. The first-order chi connectivity index (χ1) is 41.6. The van der Waals surface area contributed by atoms with Crippen molar-refractivity contribution in [3.63, 3.8) is 0 Å².